The molecule has 0 radical (unpaired) electrons. The van der Waals surface area contributed by atoms with Crippen molar-refractivity contribution in [2.24, 2.45) is 0 Å². The van der Waals surface area contributed by atoms with E-state index in [1.165, 1.54) is 14.2 Å². The van der Waals surface area contributed by atoms with E-state index in [1.54, 1.807) is 0 Å². The molecule has 0 aliphatic carbocycles. The van der Waals surface area contributed by atoms with Gasteiger partial charge in [0.25, 0.3) is 0 Å². The van der Waals surface area contributed by atoms with Crippen LogP contribution < -0.4 is 17.1 Å². The Morgan fingerprint density at radius 2 is 1.00 bits per heavy atom. The molecule has 1 aromatic rings. The molecule has 162 valence electrons. The number of nitrogens with zero attached hydrogens (tertiary/aromatic N) is 3. The van der Waals surface area contributed by atoms with Crippen molar-refractivity contribution in [2.45, 2.75) is 58.2 Å². The van der Waals surface area contributed by atoms with Crippen LogP contribution in [0.4, 0.5) is 0 Å². The van der Waals surface area contributed by atoms with Gasteiger partial charge < -0.3 is 14.6 Å². The molecule has 0 aromatic carbocycles. The number of esters is 2. The predicted molar refractivity (Wildman–Crippen MR) is 98.6 cm³/mol. The van der Waals surface area contributed by atoms with Crippen LogP contribution in [0.1, 0.15) is 38.5 Å². The zero-order valence-electron chi connectivity index (χ0n) is 16.4. The molecule has 0 fully saturated rings. The average molecular weight is 415 g/mol. The van der Waals surface area contributed by atoms with E-state index < -0.39 is 35.0 Å². The number of carboxylic acid groups (broad SMARTS) is 1. The second-order valence-corrected chi connectivity index (χ2v) is 6.16. The minimum Gasteiger partial charge on any atom is -0.481 e. The second kappa shape index (κ2) is 11.6. The minimum atomic E-state index is -1.08. The largest absolute Gasteiger partial charge is 0.481 e. The summed E-state index contributed by atoms with van der Waals surface area (Å²) in [6.45, 7) is -0.426. The molecule has 0 bridgehead atoms. The number of carbonyl (C=O) groups excluding carboxylic acids is 2. The predicted octanol–water partition coefficient (Wildman–Crippen LogP) is -1.06. The average Bonchev–Trinajstić information content (AvgIpc) is 2.68. The third-order valence-electron chi connectivity index (χ3n) is 4.14. The van der Waals surface area contributed by atoms with Crippen LogP contribution in [0.25, 0.3) is 0 Å². The van der Waals surface area contributed by atoms with Crippen molar-refractivity contribution >= 4 is 17.9 Å². The van der Waals surface area contributed by atoms with Gasteiger partial charge >= 0.3 is 35.0 Å². The summed E-state index contributed by atoms with van der Waals surface area (Å²) in [4.78, 5) is 71.0. The van der Waals surface area contributed by atoms with Gasteiger partial charge in [0.15, 0.2) is 0 Å². The molecule has 0 aliphatic rings. The van der Waals surface area contributed by atoms with Crippen molar-refractivity contribution in [1.29, 1.82) is 0 Å². The Kier molecular flexibility index (Phi) is 9.56. The standard InChI is InChI=1S/C17H25N3O9/c1-28-13(23)7-4-10-19-15(25)18(9-3-6-12(21)22)16(26)20(17(19)27)11-5-8-14(24)29-2/h3-11H2,1-2H3,(H,21,22). The summed E-state index contributed by atoms with van der Waals surface area (Å²) in [6, 6.07) is 0. The Balaban J connectivity index is 3.21. The number of aliphatic carboxylic acids is 1. The maximum absolute atomic E-state index is 12.6. The minimum absolute atomic E-state index is 0.0208. The van der Waals surface area contributed by atoms with Crippen molar-refractivity contribution < 1.29 is 29.0 Å². The molecule has 0 saturated heterocycles. The van der Waals surface area contributed by atoms with Crippen LogP contribution in [-0.2, 0) is 43.5 Å². The summed E-state index contributed by atoms with van der Waals surface area (Å²) >= 11 is 0. The molecule has 12 heteroatoms. The first-order valence-electron chi connectivity index (χ1n) is 9.02. The van der Waals surface area contributed by atoms with Gasteiger partial charge in [-0.1, -0.05) is 0 Å². The fourth-order valence-corrected chi connectivity index (χ4v) is 2.61. The van der Waals surface area contributed by atoms with Crippen molar-refractivity contribution in [2.75, 3.05) is 14.2 Å². The molecule has 12 nitrogen and oxygen atoms in total. The van der Waals surface area contributed by atoms with Crippen molar-refractivity contribution in [1.82, 2.24) is 13.7 Å². The van der Waals surface area contributed by atoms with Gasteiger partial charge in [-0.15, -0.1) is 0 Å². The molecule has 0 amide bonds. The molecule has 1 N–H and O–H groups in total. The lowest BCUT2D eigenvalue weighted by molar-refractivity contribution is -0.141. The first-order chi connectivity index (χ1) is 13.7. The molecule has 1 heterocycles. The molecule has 29 heavy (non-hydrogen) atoms. The first kappa shape index (κ1) is 23.9. The molecule has 0 unspecified atom stereocenters. The number of hydrogen-bond acceptors (Lipinski definition) is 8. The molecule has 0 atom stereocenters. The highest BCUT2D eigenvalue weighted by Crippen LogP contribution is 1.96. The zero-order valence-corrected chi connectivity index (χ0v) is 16.4. The summed E-state index contributed by atoms with van der Waals surface area (Å²) in [5.74, 6) is -2.10. The van der Waals surface area contributed by atoms with Gasteiger partial charge in [0.05, 0.1) is 14.2 Å². The van der Waals surface area contributed by atoms with Gasteiger partial charge in [0.1, 0.15) is 0 Å². The van der Waals surface area contributed by atoms with E-state index in [-0.39, 0.29) is 58.2 Å². The van der Waals surface area contributed by atoms with Gasteiger partial charge in [0, 0.05) is 38.9 Å². The number of rotatable bonds is 12. The smallest absolute Gasteiger partial charge is 0.336 e. The van der Waals surface area contributed by atoms with E-state index in [9.17, 15) is 28.8 Å². The van der Waals surface area contributed by atoms with Crippen LogP contribution >= 0.6 is 0 Å². The van der Waals surface area contributed by atoms with E-state index in [1.807, 2.05) is 0 Å². The lowest BCUT2D eigenvalue weighted by Crippen LogP contribution is -2.54. The molecule has 0 saturated carbocycles. The SMILES string of the molecule is COC(=O)CCCn1c(=O)n(CCCC(=O)O)c(=O)n(CCCC(=O)OC)c1=O. The van der Waals surface area contributed by atoms with E-state index >= 15 is 0 Å². The number of aromatic nitrogens is 3. The Hall–Kier alpha value is -3.18. The highest BCUT2D eigenvalue weighted by Gasteiger charge is 2.16. The normalized spacial score (nSPS) is 10.6. The molecule has 1 rings (SSSR count). The van der Waals surface area contributed by atoms with Crippen molar-refractivity contribution in [3.8, 4) is 0 Å². The zero-order chi connectivity index (χ0) is 22.0. The highest BCUT2D eigenvalue weighted by molar-refractivity contribution is 5.69. The van der Waals surface area contributed by atoms with Gasteiger partial charge in [-0.05, 0) is 19.3 Å². The Morgan fingerprint density at radius 1 is 0.690 bits per heavy atom. The lowest BCUT2D eigenvalue weighted by atomic mass is 10.3. The molecule has 0 spiro atoms. The summed E-state index contributed by atoms with van der Waals surface area (Å²) in [6.07, 6.45) is -0.0109. The van der Waals surface area contributed by atoms with Gasteiger partial charge in [0.2, 0.25) is 0 Å². The van der Waals surface area contributed by atoms with Crippen LogP contribution in [-0.4, -0.2) is 50.9 Å². The van der Waals surface area contributed by atoms with Gasteiger partial charge in [-0.2, -0.15) is 0 Å². The van der Waals surface area contributed by atoms with E-state index in [0.29, 0.717) is 0 Å². The van der Waals surface area contributed by atoms with Gasteiger partial charge in [-0.25, -0.2) is 28.1 Å². The number of carboxylic acids is 1. The Labute approximate surface area is 165 Å². The molecule has 1 aromatic heterocycles. The number of ether oxygens (including phenoxy) is 2. The summed E-state index contributed by atoms with van der Waals surface area (Å²) in [5.41, 5.74) is -2.61. The monoisotopic (exact) mass is 415 g/mol. The topological polar surface area (TPSA) is 156 Å². The molecular weight excluding hydrogens is 390 g/mol. The fourth-order valence-electron chi connectivity index (χ4n) is 2.61. The molecule has 0 aliphatic heterocycles. The molecular formula is C17H25N3O9. The van der Waals surface area contributed by atoms with E-state index in [4.69, 9.17) is 5.11 Å². The quantitative estimate of drug-likeness (QED) is 0.420. The third-order valence-corrected chi connectivity index (χ3v) is 4.14. The fraction of sp³-hybridized carbons (Fsp3) is 0.647. The van der Waals surface area contributed by atoms with Crippen molar-refractivity contribution in [3.05, 3.63) is 31.5 Å². The summed E-state index contributed by atoms with van der Waals surface area (Å²) < 4.78 is 11.5. The van der Waals surface area contributed by atoms with E-state index in [2.05, 4.69) is 9.47 Å². The van der Waals surface area contributed by atoms with Crippen molar-refractivity contribution in [3.63, 3.8) is 0 Å². The lowest BCUT2D eigenvalue weighted by Gasteiger charge is -2.13. The van der Waals surface area contributed by atoms with Crippen LogP contribution in [0, 0.1) is 0 Å². The van der Waals surface area contributed by atoms with Gasteiger partial charge in [-0.3, -0.25) is 14.4 Å². The second-order valence-electron chi connectivity index (χ2n) is 6.16. The third kappa shape index (κ3) is 7.05. The van der Waals surface area contributed by atoms with Crippen LogP contribution in [0.5, 0.6) is 0 Å². The summed E-state index contributed by atoms with van der Waals surface area (Å²) in [7, 11) is 2.43. The Morgan fingerprint density at radius 3 is 1.28 bits per heavy atom. The highest BCUT2D eigenvalue weighted by atomic mass is 16.5. The van der Waals surface area contributed by atoms with Crippen LogP contribution in [0.15, 0.2) is 14.4 Å². The number of methoxy groups -OCH3 is 2. The Bertz CT molecular complexity index is 850. The van der Waals surface area contributed by atoms with E-state index in [0.717, 1.165) is 13.7 Å². The maximum Gasteiger partial charge on any atom is 0.336 e. The number of hydrogen-bond donors (Lipinski definition) is 1. The summed E-state index contributed by atoms with van der Waals surface area (Å²) in [5, 5.41) is 8.75. The first-order valence-corrected chi connectivity index (χ1v) is 9.02. The maximum atomic E-state index is 12.6. The number of carbonyl (C=O) groups is 3. The van der Waals surface area contributed by atoms with Crippen LogP contribution in [0.3, 0.4) is 0 Å². The van der Waals surface area contributed by atoms with Crippen LogP contribution in [0.2, 0.25) is 0 Å².